The van der Waals surface area contributed by atoms with Gasteiger partial charge >= 0.3 is 5.97 Å². The first-order valence-corrected chi connectivity index (χ1v) is 6.80. The number of ether oxygens (including phenoxy) is 2. The lowest BCUT2D eigenvalue weighted by Crippen LogP contribution is -2.10. The Morgan fingerprint density at radius 2 is 1.07 bits per heavy atom. The summed E-state index contributed by atoms with van der Waals surface area (Å²) in [4.78, 5) is 11.1. The summed E-state index contributed by atoms with van der Waals surface area (Å²) in [5.74, 6) is -26.0. The Morgan fingerprint density at radius 1 is 0.704 bits per heavy atom. The molecule has 0 saturated carbocycles. The summed E-state index contributed by atoms with van der Waals surface area (Å²) in [5.41, 5.74) is 0. The van der Waals surface area contributed by atoms with Crippen LogP contribution in [0.25, 0.3) is 0 Å². The number of hydrogen-bond acceptors (Lipinski definition) is 3. The minimum absolute atomic E-state index is 0.474. The molecule has 3 nitrogen and oxygen atoms in total. The van der Waals surface area contributed by atoms with E-state index in [0.717, 1.165) is 0 Å². The third-order valence-electron chi connectivity index (χ3n) is 2.93. The third-order valence-corrected chi connectivity index (χ3v) is 3.27. The Hall–Kier alpha value is -2.82. The van der Waals surface area contributed by atoms with E-state index in [2.05, 4.69) is 16.1 Å². The quantitative estimate of drug-likeness (QED) is 0.168. The second-order valence-electron chi connectivity index (χ2n) is 4.54. The maximum absolute atomic E-state index is 13.9. The first-order chi connectivity index (χ1) is 12.5. The molecule has 0 spiro atoms. The van der Waals surface area contributed by atoms with Gasteiger partial charge in [0, 0.05) is 6.08 Å². The van der Waals surface area contributed by atoms with Gasteiger partial charge in [0.05, 0.1) is 0 Å². The van der Waals surface area contributed by atoms with Gasteiger partial charge in [-0.1, -0.05) is 18.2 Å². The number of esters is 1. The highest BCUT2D eigenvalue weighted by molar-refractivity contribution is 6.33. The fraction of sp³-hybridized carbons (Fsp3) is 0. The molecular weight excluding hydrogens is 416 g/mol. The van der Waals surface area contributed by atoms with Gasteiger partial charge in [0.2, 0.25) is 52.3 Å². The van der Waals surface area contributed by atoms with Crippen LogP contribution in [0.15, 0.2) is 12.7 Å². The van der Waals surface area contributed by atoms with E-state index in [1.807, 2.05) is 0 Å². The Balaban J connectivity index is 2.71. The van der Waals surface area contributed by atoms with Crippen molar-refractivity contribution in [2.45, 2.75) is 0 Å². The van der Waals surface area contributed by atoms with Gasteiger partial charge in [-0.25, -0.2) is 22.4 Å². The topological polar surface area (TPSA) is 35.5 Å². The average Bonchev–Trinajstić information content (AvgIpc) is 2.65. The van der Waals surface area contributed by atoms with Crippen LogP contribution in [0.3, 0.4) is 0 Å². The van der Waals surface area contributed by atoms with Crippen molar-refractivity contribution < 1.29 is 49.4 Å². The molecule has 0 aliphatic heterocycles. The molecule has 0 amide bonds. The molecule has 0 saturated heterocycles. The lowest BCUT2D eigenvalue weighted by molar-refractivity contribution is -0.129. The van der Waals surface area contributed by atoms with E-state index in [4.69, 9.17) is 11.6 Å². The highest BCUT2D eigenvalue weighted by Crippen LogP contribution is 2.44. The normalized spacial score (nSPS) is 10.7. The molecule has 2 aromatic rings. The second-order valence-corrected chi connectivity index (χ2v) is 4.92. The van der Waals surface area contributed by atoms with Crippen LogP contribution in [0.5, 0.6) is 17.2 Å². The van der Waals surface area contributed by atoms with E-state index in [9.17, 15) is 39.9 Å². The van der Waals surface area contributed by atoms with Crippen molar-refractivity contribution in [3.63, 3.8) is 0 Å². The summed E-state index contributed by atoms with van der Waals surface area (Å²) >= 11 is 5.47. The van der Waals surface area contributed by atoms with E-state index >= 15 is 0 Å². The molecule has 27 heavy (non-hydrogen) atoms. The Labute approximate surface area is 149 Å². The molecule has 0 aliphatic carbocycles. The van der Waals surface area contributed by atoms with Crippen molar-refractivity contribution >= 4 is 17.6 Å². The van der Waals surface area contributed by atoms with Crippen molar-refractivity contribution in [3.8, 4) is 17.2 Å². The van der Waals surface area contributed by atoms with Gasteiger partial charge < -0.3 is 9.47 Å². The first kappa shape index (κ1) is 20.5. The van der Waals surface area contributed by atoms with Crippen molar-refractivity contribution in [1.29, 1.82) is 0 Å². The van der Waals surface area contributed by atoms with Crippen molar-refractivity contribution in [3.05, 3.63) is 64.2 Å². The summed E-state index contributed by atoms with van der Waals surface area (Å²) in [5, 5.41) is -1.37. The fourth-order valence-corrected chi connectivity index (χ4v) is 1.93. The Bertz CT molecular complexity index is 948. The number of carbonyl (C=O) groups is 1. The summed E-state index contributed by atoms with van der Waals surface area (Å²) in [6, 6.07) is 0. The molecule has 0 aliphatic rings. The molecular formula is C15H3ClF8O3. The zero-order chi connectivity index (χ0) is 20.6. The van der Waals surface area contributed by atoms with Crippen LogP contribution in [0.4, 0.5) is 35.1 Å². The summed E-state index contributed by atoms with van der Waals surface area (Å²) in [6.07, 6.45) is 0.474. The van der Waals surface area contributed by atoms with Crippen molar-refractivity contribution in [2.75, 3.05) is 0 Å². The highest BCUT2D eigenvalue weighted by atomic mass is 35.5. The SMILES string of the molecule is C=CC(=O)Oc1c(F)c(F)c(F)c(Oc2c(F)c(F)c(F)c(F)c2F)c1Cl. The minimum Gasteiger partial charge on any atom is -0.446 e. The van der Waals surface area contributed by atoms with Gasteiger partial charge in [0.25, 0.3) is 0 Å². The highest BCUT2D eigenvalue weighted by Gasteiger charge is 2.32. The van der Waals surface area contributed by atoms with Gasteiger partial charge in [-0.2, -0.15) is 17.6 Å². The molecule has 0 radical (unpaired) electrons. The summed E-state index contributed by atoms with van der Waals surface area (Å²) < 4.78 is 116. The average molecular weight is 419 g/mol. The molecule has 0 heterocycles. The van der Waals surface area contributed by atoms with E-state index in [0.29, 0.717) is 6.08 Å². The number of halogens is 9. The molecule has 0 N–H and O–H groups in total. The van der Waals surface area contributed by atoms with Gasteiger partial charge in [0.15, 0.2) is 11.5 Å². The molecule has 2 rings (SSSR count). The monoisotopic (exact) mass is 418 g/mol. The van der Waals surface area contributed by atoms with Crippen molar-refractivity contribution in [1.82, 2.24) is 0 Å². The number of benzene rings is 2. The molecule has 2 aromatic carbocycles. The molecule has 0 aromatic heterocycles. The second kappa shape index (κ2) is 7.43. The molecule has 0 unspecified atom stereocenters. The molecule has 0 fully saturated rings. The zero-order valence-corrected chi connectivity index (χ0v) is 13.2. The largest absolute Gasteiger partial charge is 0.446 e. The third kappa shape index (κ3) is 3.42. The van der Waals surface area contributed by atoms with Crippen molar-refractivity contribution in [2.24, 2.45) is 0 Å². The van der Waals surface area contributed by atoms with Crippen LogP contribution in [-0.4, -0.2) is 5.97 Å². The smallest absolute Gasteiger partial charge is 0.335 e. The minimum atomic E-state index is -2.55. The molecule has 0 bridgehead atoms. The number of hydrogen-bond donors (Lipinski definition) is 0. The van der Waals surface area contributed by atoms with Crippen LogP contribution in [0, 0.1) is 46.5 Å². The van der Waals surface area contributed by atoms with Crippen LogP contribution < -0.4 is 9.47 Å². The van der Waals surface area contributed by atoms with Crippen LogP contribution in [0.1, 0.15) is 0 Å². The van der Waals surface area contributed by atoms with Gasteiger partial charge in [-0.15, -0.1) is 0 Å². The van der Waals surface area contributed by atoms with E-state index in [-0.39, 0.29) is 0 Å². The van der Waals surface area contributed by atoms with Crippen LogP contribution >= 0.6 is 11.6 Å². The Kier molecular flexibility index (Phi) is 5.64. The maximum atomic E-state index is 13.9. The van der Waals surface area contributed by atoms with Gasteiger partial charge in [-0.3, -0.25) is 0 Å². The maximum Gasteiger partial charge on any atom is 0.335 e. The summed E-state index contributed by atoms with van der Waals surface area (Å²) in [7, 11) is 0. The van der Waals surface area contributed by atoms with Gasteiger partial charge in [0.1, 0.15) is 5.02 Å². The van der Waals surface area contributed by atoms with Gasteiger partial charge in [-0.05, 0) is 0 Å². The lowest BCUT2D eigenvalue weighted by Gasteiger charge is -2.15. The molecule has 0 atom stereocenters. The molecule has 144 valence electrons. The standard InChI is InChI=1S/C15H3ClF8O3/c1-2-3(25)26-13-4(16)14(10(22)8(20)9(13)21)27-15-11(23)6(18)5(17)7(19)12(15)24/h2H,1H2. The first-order valence-electron chi connectivity index (χ1n) is 6.42. The van der Waals surface area contributed by atoms with E-state index < -0.39 is 74.8 Å². The lowest BCUT2D eigenvalue weighted by atomic mass is 10.2. The van der Waals surface area contributed by atoms with E-state index in [1.54, 1.807) is 0 Å². The predicted octanol–water partition coefficient (Wildman–Crippen LogP) is 5.34. The number of carbonyl (C=O) groups excluding carboxylic acids is 1. The van der Waals surface area contributed by atoms with E-state index in [1.165, 1.54) is 0 Å². The Morgan fingerprint density at radius 3 is 1.56 bits per heavy atom. The fourth-order valence-electron chi connectivity index (χ4n) is 1.69. The van der Waals surface area contributed by atoms with Crippen LogP contribution in [0.2, 0.25) is 5.02 Å². The van der Waals surface area contributed by atoms with Crippen LogP contribution in [-0.2, 0) is 4.79 Å². The zero-order valence-electron chi connectivity index (χ0n) is 12.4. The predicted molar refractivity (Wildman–Crippen MR) is 73.5 cm³/mol. The molecule has 12 heteroatoms. The number of rotatable bonds is 4. The summed E-state index contributed by atoms with van der Waals surface area (Å²) in [6.45, 7) is 2.94.